The van der Waals surface area contributed by atoms with Crippen LogP contribution in [0.4, 0.5) is 0 Å². The highest BCUT2D eigenvalue weighted by Crippen LogP contribution is 2.24. The normalized spacial score (nSPS) is 20.3. The molecule has 2 rings (SSSR count). The molecular formula is C17H27N. The van der Waals surface area contributed by atoms with Crippen LogP contribution in [0.15, 0.2) is 18.2 Å². The maximum atomic E-state index is 3.53. The molecule has 1 nitrogen and oxygen atoms in total. The minimum atomic E-state index is 0.638. The average Bonchev–Trinajstić information content (AvgIpc) is 2.39. The summed E-state index contributed by atoms with van der Waals surface area (Å²) < 4.78 is 0. The van der Waals surface area contributed by atoms with E-state index in [0.717, 1.165) is 12.3 Å². The largest absolute Gasteiger partial charge is 0.316 e. The summed E-state index contributed by atoms with van der Waals surface area (Å²) in [6, 6.07) is 7.12. The average molecular weight is 245 g/mol. The predicted octanol–water partition coefficient (Wildman–Crippen LogP) is 3.91. The van der Waals surface area contributed by atoms with Crippen LogP contribution in [0.1, 0.15) is 56.2 Å². The molecule has 0 amide bonds. The molecule has 0 radical (unpaired) electrons. The Labute approximate surface area is 112 Å². The summed E-state index contributed by atoms with van der Waals surface area (Å²) in [4.78, 5) is 0. The van der Waals surface area contributed by atoms with Crippen LogP contribution in [-0.4, -0.2) is 13.1 Å². The zero-order valence-electron chi connectivity index (χ0n) is 12.1. The molecule has 0 aliphatic carbocycles. The smallest absolute Gasteiger partial charge is 0.00173 e. The lowest BCUT2D eigenvalue weighted by Gasteiger charge is -2.24. The second-order valence-corrected chi connectivity index (χ2v) is 5.95. The van der Waals surface area contributed by atoms with Crippen molar-refractivity contribution in [2.24, 2.45) is 5.92 Å². The molecule has 0 spiro atoms. The van der Waals surface area contributed by atoms with Crippen LogP contribution in [0.3, 0.4) is 0 Å². The fourth-order valence-corrected chi connectivity index (χ4v) is 2.95. The lowest BCUT2D eigenvalue weighted by Crippen LogP contribution is -2.31. The third-order valence-electron chi connectivity index (χ3n) is 4.19. The summed E-state index contributed by atoms with van der Waals surface area (Å²) in [7, 11) is 0. The van der Waals surface area contributed by atoms with Crippen LogP contribution >= 0.6 is 0 Å². The highest BCUT2D eigenvalue weighted by atomic mass is 14.9. The molecule has 18 heavy (non-hydrogen) atoms. The Morgan fingerprint density at radius 3 is 2.72 bits per heavy atom. The number of nitrogens with one attached hydrogen (secondary N) is 1. The van der Waals surface area contributed by atoms with E-state index in [-0.39, 0.29) is 0 Å². The van der Waals surface area contributed by atoms with Crippen molar-refractivity contribution in [2.75, 3.05) is 13.1 Å². The van der Waals surface area contributed by atoms with Gasteiger partial charge in [0.2, 0.25) is 0 Å². The van der Waals surface area contributed by atoms with E-state index in [2.05, 4.69) is 44.3 Å². The van der Waals surface area contributed by atoms with Crippen LogP contribution in [0.2, 0.25) is 0 Å². The van der Waals surface area contributed by atoms with Crippen molar-refractivity contribution in [3.63, 3.8) is 0 Å². The van der Waals surface area contributed by atoms with Crippen molar-refractivity contribution < 1.29 is 0 Å². The molecular weight excluding hydrogens is 218 g/mol. The molecule has 1 N–H and O–H groups in total. The fourth-order valence-electron chi connectivity index (χ4n) is 2.95. The van der Waals surface area contributed by atoms with Crippen molar-refractivity contribution >= 4 is 0 Å². The van der Waals surface area contributed by atoms with Gasteiger partial charge in [0.05, 0.1) is 0 Å². The highest BCUT2D eigenvalue weighted by Gasteiger charge is 2.15. The Kier molecular flexibility index (Phi) is 4.82. The number of aryl methyl sites for hydroxylation is 1. The Morgan fingerprint density at radius 2 is 2.11 bits per heavy atom. The molecule has 1 aliphatic heterocycles. The van der Waals surface area contributed by atoms with E-state index in [9.17, 15) is 0 Å². The molecule has 100 valence electrons. The quantitative estimate of drug-likeness (QED) is 0.848. The summed E-state index contributed by atoms with van der Waals surface area (Å²) in [5, 5.41) is 3.53. The molecule has 0 aromatic heterocycles. The zero-order chi connectivity index (χ0) is 13.0. The standard InChI is InChI=1S/C17H27N/c1-4-15-7-8-16(13(2)3)11-17(15)10-14-6-5-9-18-12-14/h7-8,11,13-14,18H,4-6,9-10,12H2,1-3H3. The molecule has 1 atom stereocenters. The molecule has 0 saturated carbocycles. The van der Waals surface area contributed by atoms with Crippen LogP contribution in [0, 0.1) is 5.92 Å². The van der Waals surface area contributed by atoms with E-state index in [0.29, 0.717) is 5.92 Å². The van der Waals surface area contributed by atoms with Gasteiger partial charge in [0.25, 0.3) is 0 Å². The third-order valence-corrected chi connectivity index (χ3v) is 4.19. The maximum Gasteiger partial charge on any atom is -0.00173 e. The Balaban J connectivity index is 2.15. The first-order valence-electron chi connectivity index (χ1n) is 7.53. The van der Waals surface area contributed by atoms with E-state index in [1.807, 2.05) is 0 Å². The molecule has 0 bridgehead atoms. The summed E-state index contributed by atoms with van der Waals surface area (Å²) in [5.41, 5.74) is 4.63. The fraction of sp³-hybridized carbons (Fsp3) is 0.647. The second kappa shape index (κ2) is 6.38. The van der Waals surface area contributed by atoms with Crippen LogP contribution < -0.4 is 5.32 Å². The molecule has 1 fully saturated rings. The Hall–Kier alpha value is -0.820. The summed E-state index contributed by atoms with van der Waals surface area (Å²) in [6.45, 7) is 9.25. The Morgan fingerprint density at radius 1 is 1.28 bits per heavy atom. The van der Waals surface area contributed by atoms with E-state index >= 15 is 0 Å². The van der Waals surface area contributed by atoms with Gasteiger partial charge in [-0.3, -0.25) is 0 Å². The first-order valence-corrected chi connectivity index (χ1v) is 7.53. The van der Waals surface area contributed by atoms with Crippen molar-refractivity contribution in [2.45, 2.75) is 52.4 Å². The van der Waals surface area contributed by atoms with Crippen molar-refractivity contribution in [3.05, 3.63) is 34.9 Å². The predicted molar refractivity (Wildman–Crippen MR) is 79.2 cm³/mol. The molecule has 1 aliphatic rings. The maximum absolute atomic E-state index is 3.53. The molecule has 1 heterocycles. The first-order chi connectivity index (χ1) is 8.70. The molecule has 1 aromatic rings. The van der Waals surface area contributed by atoms with Crippen LogP contribution in [0.5, 0.6) is 0 Å². The van der Waals surface area contributed by atoms with E-state index in [4.69, 9.17) is 0 Å². The summed E-state index contributed by atoms with van der Waals surface area (Å²) in [5.74, 6) is 1.48. The minimum absolute atomic E-state index is 0.638. The molecule has 1 heteroatoms. The van der Waals surface area contributed by atoms with Gasteiger partial charge < -0.3 is 5.32 Å². The number of benzene rings is 1. The van der Waals surface area contributed by atoms with E-state index in [1.165, 1.54) is 37.9 Å². The third kappa shape index (κ3) is 3.35. The number of hydrogen-bond acceptors (Lipinski definition) is 1. The van der Waals surface area contributed by atoms with Gasteiger partial charge in [-0.25, -0.2) is 0 Å². The van der Waals surface area contributed by atoms with Gasteiger partial charge in [0.1, 0.15) is 0 Å². The summed E-state index contributed by atoms with van der Waals surface area (Å²) in [6.07, 6.45) is 5.16. The first kappa shape index (κ1) is 13.6. The molecule has 1 aromatic carbocycles. The van der Waals surface area contributed by atoms with Gasteiger partial charge in [-0.1, -0.05) is 39.0 Å². The van der Waals surface area contributed by atoms with Gasteiger partial charge in [-0.2, -0.15) is 0 Å². The zero-order valence-corrected chi connectivity index (χ0v) is 12.1. The monoisotopic (exact) mass is 245 g/mol. The topological polar surface area (TPSA) is 12.0 Å². The Bertz CT molecular complexity index is 375. The van der Waals surface area contributed by atoms with Gasteiger partial charge in [-0.05, 0) is 67.3 Å². The van der Waals surface area contributed by atoms with Crippen LogP contribution in [-0.2, 0) is 12.8 Å². The lowest BCUT2D eigenvalue weighted by molar-refractivity contribution is 0.375. The number of rotatable bonds is 4. The number of hydrogen-bond donors (Lipinski definition) is 1. The second-order valence-electron chi connectivity index (χ2n) is 5.95. The van der Waals surface area contributed by atoms with Crippen LogP contribution in [0.25, 0.3) is 0 Å². The SMILES string of the molecule is CCc1ccc(C(C)C)cc1CC1CCCNC1. The summed E-state index contributed by atoms with van der Waals surface area (Å²) >= 11 is 0. The molecule has 1 saturated heterocycles. The highest BCUT2D eigenvalue weighted by molar-refractivity contribution is 5.34. The number of piperidine rings is 1. The minimum Gasteiger partial charge on any atom is -0.316 e. The molecule has 1 unspecified atom stereocenters. The van der Waals surface area contributed by atoms with Gasteiger partial charge in [0, 0.05) is 0 Å². The van der Waals surface area contributed by atoms with E-state index in [1.54, 1.807) is 11.1 Å². The van der Waals surface area contributed by atoms with Crippen molar-refractivity contribution in [3.8, 4) is 0 Å². The van der Waals surface area contributed by atoms with E-state index < -0.39 is 0 Å². The van der Waals surface area contributed by atoms with Gasteiger partial charge in [-0.15, -0.1) is 0 Å². The van der Waals surface area contributed by atoms with Gasteiger partial charge in [0.15, 0.2) is 0 Å². The lowest BCUT2D eigenvalue weighted by atomic mass is 9.87. The van der Waals surface area contributed by atoms with Gasteiger partial charge >= 0.3 is 0 Å². The van der Waals surface area contributed by atoms with Crippen molar-refractivity contribution in [1.82, 2.24) is 5.32 Å². The van der Waals surface area contributed by atoms with Crippen molar-refractivity contribution in [1.29, 1.82) is 0 Å².